The van der Waals surface area contributed by atoms with E-state index >= 15 is 0 Å². The molecular formula is C12H15NO. The molecule has 1 atom stereocenters. The number of hydrogen-bond acceptors (Lipinski definition) is 2. The molecule has 0 fully saturated rings. The first kappa shape index (κ1) is 9.28. The van der Waals surface area contributed by atoms with Crippen LogP contribution in [-0.2, 0) is 0 Å². The molecule has 0 aliphatic carbocycles. The van der Waals surface area contributed by atoms with Gasteiger partial charge in [0.25, 0.3) is 0 Å². The molecule has 1 aromatic heterocycles. The van der Waals surface area contributed by atoms with Crippen LogP contribution in [-0.4, -0.2) is 0 Å². The molecule has 2 N–H and O–H groups in total. The second-order valence-electron chi connectivity index (χ2n) is 3.60. The van der Waals surface area contributed by atoms with Crippen LogP contribution in [0.3, 0.4) is 0 Å². The Morgan fingerprint density at radius 3 is 2.71 bits per heavy atom. The van der Waals surface area contributed by atoms with Crippen molar-refractivity contribution < 1.29 is 4.42 Å². The summed E-state index contributed by atoms with van der Waals surface area (Å²) in [4.78, 5) is 0. The average molecular weight is 189 g/mol. The van der Waals surface area contributed by atoms with Crippen LogP contribution in [0.25, 0.3) is 11.0 Å². The van der Waals surface area contributed by atoms with Crippen molar-refractivity contribution in [1.82, 2.24) is 0 Å². The van der Waals surface area contributed by atoms with Gasteiger partial charge in [0.2, 0.25) is 0 Å². The van der Waals surface area contributed by atoms with Gasteiger partial charge in [0.15, 0.2) is 0 Å². The second-order valence-corrected chi connectivity index (χ2v) is 3.60. The SMILES string of the molecule is CC[C@H](N)c1oc2ccccc2c1C. The third kappa shape index (κ3) is 1.32. The van der Waals surface area contributed by atoms with Crippen LogP contribution >= 0.6 is 0 Å². The van der Waals surface area contributed by atoms with Gasteiger partial charge in [-0.15, -0.1) is 0 Å². The minimum absolute atomic E-state index is 0.0161. The lowest BCUT2D eigenvalue weighted by atomic mass is 10.1. The minimum atomic E-state index is 0.0161. The van der Waals surface area contributed by atoms with Crippen LogP contribution in [0.1, 0.15) is 30.7 Å². The van der Waals surface area contributed by atoms with E-state index in [9.17, 15) is 0 Å². The first-order valence-electron chi connectivity index (χ1n) is 4.97. The van der Waals surface area contributed by atoms with E-state index in [1.54, 1.807) is 0 Å². The summed E-state index contributed by atoms with van der Waals surface area (Å²) < 4.78 is 5.73. The molecule has 0 radical (unpaired) electrons. The van der Waals surface area contributed by atoms with Crippen molar-refractivity contribution in [2.75, 3.05) is 0 Å². The summed E-state index contributed by atoms with van der Waals surface area (Å²) in [6, 6.07) is 8.06. The van der Waals surface area contributed by atoms with Crippen molar-refractivity contribution in [3.63, 3.8) is 0 Å². The van der Waals surface area contributed by atoms with Gasteiger partial charge >= 0.3 is 0 Å². The molecule has 0 bridgehead atoms. The standard InChI is InChI=1S/C12H15NO/c1-3-10(13)12-8(2)9-6-4-5-7-11(9)14-12/h4-7,10H,3,13H2,1-2H3/t10-/m0/s1. The van der Waals surface area contributed by atoms with Crippen LogP contribution in [0.15, 0.2) is 28.7 Å². The summed E-state index contributed by atoms with van der Waals surface area (Å²) >= 11 is 0. The Morgan fingerprint density at radius 2 is 2.07 bits per heavy atom. The van der Waals surface area contributed by atoms with Crippen molar-refractivity contribution in [1.29, 1.82) is 0 Å². The predicted molar refractivity (Wildman–Crippen MR) is 58.2 cm³/mol. The topological polar surface area (TPSA) is 39.2 Å². The first-order valence-corrected chi connectivity index (χ1v) is 4.97. The Kier molecular flexibility index (Phi) is 2.30. The monoisotopic (exact) mass is 189 g/mol. The quantitative estimate of drug-likeness (QED) is 0.788. The fraction of sp³-hybridized carbons (Fsp3) is 0.333. The van der Waals surface area contributed by atoms with Gasteiger partial charge in [0, 0.05) is 5.39 Å². The molecule has 0 saturated carbocycles. The van der Waals surface area contributed by atoms with Gasteiger partial charge < -0.3 is 10.2 Å². The van der Waals surface area contributed by atoms with Gasteiger partial charge in [0.1, 0.15) is 11.3 Å². The molecule has 14 heavy (non-hydrogen) atoms. The summed E-state index contributed by atoms with van der Waals surface area (Å²) in [5.41, 5.74) is 8.08. The number of para-hydroxylation sites is 1. The van der Waals surface area contributed by atoms with Crippen molar-refractivity contribution in [3.8, 4) is 0 Å². The van der Waals surface area contributed by atoms with Gasteiger partial charge in [0.05, 0.1) is 6.04 Å². The molecule has 0 unspecified atom stereocenters. The Balaban J connectivity index is 2.62. The summed E-state index contributed by atoms with van der Waals surface area (Å²) in [6.45, 7) is 4.13. The molecule has 0 amide bonds. The highest BCUT2D eigenvalue weighted by Gasteiger charge is 2.14. The average Bonchev–Trinajstić information content (AvgIpc) is 2.56. The summed E-state index contributed by atoms with van der Waals surface area (Å²) in [7, 11) is 0. The fourth-order valence-electron chi connectivity index (χ4n) is 1.73. The molecule has 2 heteroatoms. The lowest BCUT2D eigenvalue weighted by Crippen LogP contribution is -2.08. The van der Waals surface area contributed by atoms with Gasteiger partial charge in [-0.05, 0) is 25.0 Å². The van der Waals surface area contributed by atoms with Crippen LogP contribution in [0.5, 0.6) is 0 Å². The Bertz CT molecular complexity index is 445. The molecular weight excluding hydrogens is 174 g/mol. The van der Waals surface area contributed by atoms with Gasteiger partial charge in [-0.3, -0.25) is 0 Å². The molecule has 2 aromatic rings. The summed E-state index contributed by atoms with van der Waals surface area (Å²) in [6.07, 6.45) is 0.903. The summed E-state index contributed by atoms with van der Waals surface area (Å²) in [5.74, 6) is 0.925. The van der Waals surface area contributed by atoms with E-state index in [-0.39, 0.29) is 6.04 Å². The van der Waals surface area contributed by atoms with E-state index in [2.05, 4.69) is 19.9 Å². The van der Waals surface area contributed by atoms with Crippen LogP contribution < -0.4 is 5.73 Å². The number of furan rings is 1. The van der Waals surface area contributed by atoms with E-state index in [0.29, 0.717) is 0 Å². The molecule has 1 heterocycles. The molecule has 2 nitrogen and oxygen atoms in total. The highest BCUT2D eigenvalue weighted by molar-refractivity contribution is 5.82. The smallest absolute Gasteiger partial charge is 0.134 e. The highest BCUT2D eigenvalue weighted by atomic mass is 16.3. The number of benzene rings is 1. The lowest BCUT2D eigenvalue weighted by Gasteiger charge is -2.05. The Labute approximate surface area is 83.7 Å². The van der Waals surface area contributed by atoms with Crippen molar-refractivity contribution in [2.45, 2.75) is 26.3 Å². The van der Waals surface area contributed by atoms with E-state index in [1.807, 2.05) is 18.2 Å². The van der Waals surface area contributed by atoms with E-state index in [0.717, 1.165) is 17.8 Å². The Hall–Kier alpha value is -1.28. The fourth-order valence-corrected chi connectivity index (χ4v) is 1.73. The number of fused-ring (bicyclic) bond motifs is 1. The summed E-state index contributed by atoms with van der Waals surface area (Å²) in [5, 5.41) is 1.17. The maximum atomic E-state index is 5.97. The van der Waals surface area contributed by atoms with Crippen molar-refractivity contribution in [3.05, 3.63) is 35.6 Å². The largest absolute Gasteiger partial charge is 0.459 e. The maximum Gasteiger partial charge on any atom is 0.134 e. The zero-order valence-electron chi connectivity index (χ0n) is 8.58. The molecule has 0 spiro atoms. The van der Waals surface area contributed by atoms with E-state index in [1.165, 1.54) is 10.9 Å². The Morgan fingerprint density at radius 1 is 1.36 bits per heavy atom. The molecule has 0 aliphatic rings. The van der Waals surface area contributed by atoms with E-state index < -0.39 is 0 Å². The van der Waals surface area contributed by atoms with Gasteiger partial charge in [-0.25, -0.2) is 0 Å². The van der Waals surface area contributed by atoms with Gasteiger partial charge in [-0.1, -0.05) is 25.1 Å². The van der Waals surface area contributed by atoms with Gasteiger partial charge in [-0.2, -0.15) is 0 Å². The first-order chi connectivity index (χ1) is 6.74. The maximum absolute atomic E-state index is 5.97. The zero-order valence-corrected chi connectivity index (χ0v) is 8.58. The second kappa shape index (κ2) is 3.46. The van der Waals surface area contributed by atoms with Crippen molar-refractivity contribution >= 4 is 11.0 Å². The number of aryl methyl sites for hydroxylation is 1. The lowest BCUT2D eigenvalue weighted by molar-refractivity contribution is 0.485. The molecule has 0 aliphatic heterocycles. The number of hydrogen-bond donors (Lipinski definition) is 1. The third-order valence-electron chi connectivity index (χ3n) is 2.66. The number of rotatable bonds is 2. The van der Waals surface area contributed by atoms with Crippen LogP contribution in [0, 0.1) is 6.92 Å². The normalized spacial score (nSPS) is 13.4. The number of nitrogens with two attached hydrogens (primary N) is 1. The van der Waals surface area contributed by atoms with Crippen LogP contribution in [0.2, 0.25) is 0 Å². The van der Waals surface area contributed by atoms with Crippen LogP contribution in [0.4, 0.5) is 0 Å². The highest BCUT2D eigenvalue weighted by Crippen LogP contribution is 2.29. The molecule has 2 rings (SSSR count). The predicted octanol–water partition coefficient (Wildman–Crippen LogP) is 3.15. The van der Waals surface area contributed by atoms with E-state index in [4.69, 9.17) is 10.2 Å². The minimum Gasteiger partial charge on any atom is -0.459 e. The zero-order chi connectivity index (χ0) is 10.1. The molecule has 0 saturated heterocycles. The third-order valence-corrected chi connectivity index (χ3v) is 2.66. The van der Waals surface area contributed by atoms with Crippen molar-refractivity contribution in [2.24, 2.45) is 5.73 Å². The molecule has 74 valence electrons. The molecule has 1 aromatic carbocycles.